The number of hydrogen-bond acceptors (Lipinski definition) is 4. The molecule has 0 bridgehead atoms. The van der Waals surface area contributed by atoms with Gasteiger partial charge < -0.3 is 20.1 Å². The van der Waals surface area contributed by atoms with Crippen LogP contribution in [0, 0.1) is 5.92 Å². The van der Waals surface area contributed by atoms with Crippen molar-refractivity contribution >= 4 is 5.91 Å². The van der Waals surface area contributed by atoms with Gasteiger partial charge in [0, 0.05) is 13.1 Å². The average Bonchev–Trinajstić information content (AvgIpc) is 2.51. The molecule has 0 aliphatic carbocycles. The predicted molar refractivity (Wildman–Crippen MR) is 77.2 cm³/mol. The fraction of sp³-hybridized carbons (Fsp3) is 0.533. The number of para-hydroxylation sites is 1. The molecule has 1 atom stereocenters. The molecule has 1 aromatic rings. The molecule has 0 fully saturated rings. The molecule has 0 saturated heterocycles. The summed E-state index contributed by atoms with van der Waals surface area (Å²) in [5.74, 6) is 1.44. The molecule has 2 N–H and O–H groups in total. The minimum atomic E-state index is -0.0323. The molecule has 0 aromatic heterocycles. The normalized spacial score (nSPS) is 14.8. The van der Waals surface area contributed by atoms with Crippen LogP contribution in [-0.4, -0.2) is 43.7 Å². The zero-order valence-electron chi connectivity index (χ0n) is 12.1. The van der Waals surface area contributed by atoms with E-state index in [0.29, 0.717) is 49.9 Å². The van der Waals surface area contributed by atoms with Gasteiger partial charge in [0.1, 0.15) is 13.2 Å². The lowest BCUT2D eigenvalue weighted by Gasteiger charge is -2.26. The van der Waals surface area contributed by atoms with Crippen LogP contribution in [0.1, 0.15) is 24.2 Å². The van der Waals surface area contributed by atoms with Gasteiger partial charge in [-0.25, -0.2) is 0 Å². The molecular weight excluding hydrogens is 256 g/mol. The maximum atomic E-state index is 12.6. The second-order valence-corrected chi connectivity index (χ2v) is 5.01. The molecule has 5 nitrogen and oxygen atoms in total. The highest BCUT2D eigenvalue weighted by Gasteiger charge is 2.24. The molecule has 5 heteroatoms. The second-order valence-electron chi connectivity index (χ2n) is 5.01. The van der Waals surface area contributed by atoms with Crippen LogP contribution in [-0.2, 0) is 0 Å². The highest BCUT2D eigenvalue weighted by atomic mass is 16.6. The number of benzene rings is 1. The highest BCUT2D eigenvalue weighted by Crippen LogP contribution is 2.34. The molecule has 0 radical (unpaired) electrons. The summed E-state index contributed by atoms with van der Waals surface area (Å²) in [6.07, 6.45) is 0. The topological polar surface area (TPSA) is 64.8 Å². The number of carbonyl (C=O) groups excluding carboxylic acids is 1. The molecule has 1 aliphatic heterocycles. The van der Waals surface area contributed by atoms with Crippen LogP contribution >= 0.6 is 0 Å². The van der Waals surface area contributed by atoms with Crippen LogP contribution in [0.2, 0.25) is 0 Å². The van der Waals surface area contributed by atoms with Crippen LogP contribution in [0.4, 0.5) is 0 Å². The lowest BCUT2D eigenvalue weighted by atomic mass is 10.1. The number of carbonyl (C=O) groups is 1. The fourth-order valence-electron chi connectivity index (χ4n) is 2.22. The van der Waals surface area contributed by atoms with Crippen LogP contribution < -0.4 is 15.2 Å². The predicted octanol–water partition coefficient (Wildman–Crippen LogP) is 1.51. The number of ether oxygens (including phenoxy) is 2. The van der Waals surface area contributed by atoms with E-state index in [1.165, 1.54) is 0 Å². The van der Waals surface area contributed by atoms with E-state index in [0.717, 1.165) is 0 Å². The zero-order chi connectivity index (χ0) is 14.5. The van der Waals surface area contributed by atoms with Crippen molar-refractivity contribution in [2.75, 3.05) is 32.8 Å². The van der Waals surface area contributed by atoms with E-state index in [1.54, 1.807) is 11.0 Å². The van der Waals surface area contributed by atoms with Crippen molar-refractivity contribution in [3.63, 3.8) is 0 Å². The number of nitrogens with two attached hydrogens (primary N) is 1. The number of hydrogen-bond donors (Lipinski definition) is 1. The lowest BCUT2D eigenvalue weighted by Crippen LogP contribution is -2.37. The Labute approximate surface area is 119 Å². The Hall–Kier alpha value is -1.75. The SMILES string of the molecule is CCN(CC(C)CN)C(=O)c1cccc2c1OCCO2. The van der Waals surface area contributed by atoms with Crippen molar-refractivity contribution < 1.29 is 14.3 Å². The summed E-state index contributed by atoms with van der Waals surface area (Å²) >= 11 is 0. The smallest absolute Gasteiger partial charge is 0.257 e. The third-order valence-electron chi connectivity index (χ3n) is 3.40. The first-order valence-corrected chi connectivity index (χ1v) is 7.05. The van der Waals surface area contributed by atoms with Gasteiger partial charge in [0.15, 0.2) is 11.5 Å². The zero-order valence-corrected chi connectivity index (χ0v) is 12.1. The Balaban J connectivity index is 2.23. The third kappa shape index (κ3) is 3.04. The van der Waals surface area contributed by atoms with E-state index in [1.807, 2.05) is 26.0 Å². The summed E-state index contributed by atoms with van der Waals surface area (Å²) in [6, 6.07) is 5.43. The lowest BCUT2D eigenvalue weighted by molar-refractivity contribution is 0.0733. The van der Waals surface area contributed by atoms with Gasteiger partial charge in [0.25, 0.3) is 5.91 Å². The first-order valence-electron chi connectivity index (χ1n) is 7.05. The number of fused-ring (bicyclic) bond motifs is 1. The van der Waals surface area contributed by atoms with Crippen LogP contribution in [0.25, 0.3) is 0 Å². The van der Waals surface area contributed by atoms with Gasteiger partial charge >= 0.3 is 0 Å². The van der Waals surface area contributed by atoms with E-state index in [-0.39, 0.29) is 11.8 Å². The minimum absolute atomic E-state index is 0.0323. The van der Waals surface area contributed by atoms with Crippen molar-refractivity contribution in [2.45, 2.75) is 13.8 Å². The molecule has 1 heterocycles. The Bertz CT molecular complexity index is 476. The van der Waals surface area contributed by atoms with Gasteiger partial charge in [-0.15, -0.1) is 0 Å². The van der Waals surface area contributed by atoms with E-state index >= 15 is 0 Å². The van der Waals surface area contributed by atoms with Gasteiger partial charge in [0.05, 0.1) is 5.56 Å². The standard InChI is InChI=1S/C15H22N2O3/c1-3-17(10-11(2)9-16)15(18)12-5-4-6-13-14(12)20-8-7-19-13/h4-6,11H,3,7-10,16H2,1-2H3. The number of nitrogens with zero attached hydrogens (tertiary/aromatic N) is 1. The van der Waals surface area contributed by atoms with Crippen LogP contribution in [0.5, 0.6) is 11.5 Å². The molecule has 2 rings (SSSR count). The fourth-order valence-corrected chi connectivity index (χ4v) is 2.22. The van der Waals surface area contributed by atoms with Crippen molar-refractivity contribution in [1.29, 1.82) is 0 Å². The minimum Gasteiger partial charge on any atom is -0.486 e. The summed E-state index contributed by atoms with van der Waals surface area (Å²) in [4.78, 5) is 14.4. The van der Waals surface area contributed by atoms with E-state index in [2.05, 4.69) is 0 Å². The largest absolute Gasteiger partial charge is 0.486 e. The Kier molecular flexibility index (Phi) is 4.84. The monoisotopic (exact) mass is 278 g/mol. The first kappa shape index (κ1) is 14.7. The molecular formula is C15H22N2O3. The molecule has 1 aliphatic rings. The first-order chi connectivity index (χ1) is 9.67. The quantitative estimate of drug-likeness (QED) is 0.887. The summed E-state index contributed by atoms with van der Waals surface area (Å²) in [7, 11) is 0. The van der Waals surface area contributed by atoms with E-state index in [9.17, 15) is 4.79 Å². The summed E-state index contributed by atoms with van der Waals surface area (Å²) in [5.41, 5.74) is 6.21. The van der Waals surface area contributed by atoms with E-state index < -0.39 is 0 Å². The van der Waals surface area contributed by atoms with Gasteiger partial charge in [-0.1, -0.05) is 13.0 Å². The molecule has 0 spiro atoms. The number of rotatable bonds is 5. The number of amides is 1. The molecule has 0 saturated carbocycles. The summed E-state index contributed by atoms with van der Waals surface area (Å²) in [6.45, 7) is 6.86. The molecule has 20 heavy (non-hydrogen) atoms. The van der Waals surface area contributed by atoms with Gasteiger partial charge in [0.2, 0.25) is 0 Å². The van der Waals surface area contributed by atoms with Gasteiger partial charge in [-0.2, -0.15) is 0 Å². The van der Waals surface area contributed by atoms with Crippen molar-refractivity contribution in [3.05, 3.63) is 23.8 Å². The maximum absolute atomic E-state index is 12.6. The van der Waals surface area contributed by atoms with Crippen LogP contribution in [0.3, 0.4) is 0 Å². The molecule has 1 amide bonds. The molecule has 1 unspecified atom stereocenters. The van der Waals surface area contributed by atoms with Crippen LogP contribution in [0.15, 0.2) is 18.2 Å². The Morgan fingerprint density at radius 3 is 2.85 bits per heavy atom. The summed E-state index contributed by atoms with van der Waals surface area (Å²) in [5, 5.41) is 0. The van der Waals surface area contributed by atoms with Gasteiger partial charge in [-0.3, -0.25) is 4.79 Å². The Morgan fingerprint density at radius 1 is 1.40 bits per heavy atom. The molecule has 1 aromatic carbocycles. The van der Waals surface area contributed by atoms with Crippen molar-refractivity contribution in [1.82, 2.24) is 4.90 Å². The third-order valence-corrected chi connectivity index (χ3v) is 3.40. The van der Waals surface area contributed by atoms with Gasteiger partial charge in [-0.05, 0) is 31.5 Å². The highest BCUT2D eigenvalue weighted by molar-refractivity contribution is 5.97. The van der Waals surface area contributed by atoms with E-state index in [4.69, 9.17) is 15.2 Å². The molecule has 110 valence electrons. The van der Waals surface area contributed by atoms with Crippen molar-refractivity contribution in [3.8, 4) is 11.5 Å². The summed E-state index contributed by atoms with van der Waals surface area (Å²) < 4.78 is 11.1. The average molecular weight is 278 g/mol. The van der Waals surface area contributed by atoms with Crippen molar-refractivity contribution in [2.24, 2.45) is 11.7 Å². The maximum Gasteiger partial charge on any atom is 0.257 e. The Morgan fingerprint density at radius 2 is 2.15 bits per heavy atom. The second kappa shape index (κ2) is 6.61.